The van der Waals surface area contributed by atoms with Crippen LogP contribution in [0.3, 0.4) is 0 Å². The van der Waals surface area contributed by atoms with Gasteiger partial charge in [-0.3, -0.25) is 9.59 Å². The van der Waals surface area contributed by atoms with Crippen LogP contribution >= 0.6 is 0 Å². The van der Waals surface area contributed by atoms with Crippen molar-refractivity contribution in [2.75, 3.05) is 26.8 Å². The van der Waals surface area contributed by atoms with Crippen LogP contribution in [-0.4, -0.2) is 172 Å². The Hall–Kier alpha value is -5.23. The Kier molecular flexibility index (Phi) is 39.3. The zero-order valence-electron chi connectivity index (χ0n) is 71.6. The number of aliphatic hydroxyl groups is 1. The van der Waals surface area contributed by atoms with Gasteiger partial charge in [0.2, 0.25) is 0 Å². The Morgan fingerprint density at radius 3 is 1.67 bits per heavy atom. The number of amides is 1. The molecule has 20 nitrogen and oxygen atoms in total. The Morgan fingerprint density at radius 2 is 1.12 bits per heavy atom. The van der Waals surface area contributed by atoms with Crippen LogP contribution in [0.2, 0.25) is 52.9 Å². The fraction of sp³-hybridized carbons (Fsp3) is 0.685. The van der Waals surface area contributed by atoms with Crippen molar-refractivity contribution in [2.24, 2.45) is 23.7 Å². The first-order valence-corrected chi connectivity index (χ1v) is 49.2. The van der Waals surface area contributed by atoms with Gasteiger partial charge < -0.3 is 75.8 Å². The fourth-order valence-corrected chi connectivity index (χ4v) is 27.4. The molecule has 6 bridgehead atoms. The second kappa shape index (κ2) is 46.1. The molecule has 4 saturated heterocycles. The minimum Gasteiger partial charge on any atom is -0.462 e. The number of hydrogen-bond acceptors (Lipinski definition) is 19. The predicted molar refractivity (Wildman–Crippen MR) is 450 cm³/mol. The lowest BCUT2D eigenvalue weighted by Gasteiger charge is -2.50. The van der Waals surface area contributed by atoms with Crippen molar-refractivity contribution >= 4 is 49.0 Å². The molecule has 2 unspecified atom stereocenters. The highest BCUT2D eigenvalue weighted by Gasteiger charge is 2.57. The maximum atomic E-state index is 15.4. The van der Waals surface area contributed by atoms with Crippen molar-refractivity contribution in [1.29, 1.82) is 0 Å². The summed E-state index contributed by atoms with van der Waals surface area (Å²) in [6.45, 7) is 50.1. The smallest absolute Gasteiger partial charge is 0.407 e. The number of carbonyl (C=O) groups excluding carboxylic acids is 4. The fourth-order valence-electron chi connectivity index (χ4n) is 16.6. The third kappa shape index (κ3) is 27.4. The normalized spacial score (nSPS) is 32.9. The summed E-state index contributed by atoms with van der Waals surface area (Å²) in [6, 6.07) is 10.8. The minimum atomic E-state index is -2.76. The van der Waals surface area contributed by atoms with Gasteiger partial charge in [-0.05, 0) is 120 Å². The first-order valence-electron chi connectivity index (χ1n) is 42.0. The van der Waals surface area contributed by atoms with Gasteiger partial charge in [0.15, 0.2) is 43.1 Å². The average Bonchev–Trinajstić information content (AvgIpc) is 0.761. The Labute approximate surface area is 676 Å². The highest BCUT2D eigenvalue weighted by molar-refractivity contribution is 6.75. The zero-order valence-corrected chi connectivity index (χ0v) is 74.6. The number of allylic oxidation sites excluding steroid dienone is 13. The Morgan fingerprint density at radius 1 is 0.598 bits per heavy atom. The standard InChI is InChI=1S/C89H143NO19Si3/c1-23-51-96-85(93)80-77-54-72(104-86-83(105-84(92)69-45-47-70(48-46-69)88(20,21)22)81(90-87(94)97-52-24-2)82(68(19)103-86)109-112(29-7,30-8)63(13)14)44-42-40-38-36-34-32-31-33-35-37-39-41-43-64(15)65(16)66(17)67(18)102-79(91)56-73-53-71(98-59-99-73)49-50-75(107-110(25-3,26-4)61(9)10)76-55-74(100-60-101-76)57-89(95,106-77)58-78(80)108-111(27-5,28-6)62(11)12/h23-24,31-48,61-68,71-78,80-83,86,95H,1-2,25-30,49-60H2,3-22H3,(H,90,94)/b32-31+,35-33+,36-34+,39-37+,40-38+,43-41+,44-42+/t64?,65-,66-,67+,68-,71-,72+,73-,74+,75-,76-,77?,78+,80+,81+,82-,83+,86+,89-/m1/s1. The number of ether oxygens (including phenoxy) is 11. The molecule has 19 atom stereocenters. The molecule has 2 N–H and O–H groups in total. The number of rotatable bonds is 25. The highest BCUT2D eigenvalue weighted by Crippen LogP contribution is 2.46. The van der Waals surface area contributed by atoms with Gasteiger partial charge in [-0.1, -0.05) is 247 Å². The van der Waals surface area contributed by atoms with Gasteiger partial charge in [0.1, 0.15) is 44.9 Å². The molecule has 6 rings (SSSR count). The van der Waals surface area contributed by atoms with E-state index in [9.17, 15) is 14.7 Å². The van der Waals surface area contributed by atoms with Crippen molar-refractivity contribution in [1.82, 2.24) is 5.32 Å². The largest absolute Gasteiger partial charge is 0.462 e. The summed E-state index contributed by atoms with van der Waals surface area (Å²) in [6.07, 6.45) is 20.8. The maximum absolute atomic E-state index is 15.4. The average molecular weight is 1620 g/mol. The summed E-state index contributed by atoms with van der Waals surface area (Å²) in [5.74, 6) is -4.27. The monoisotopic (exact) mass is 1610 g/mol. The summed E-state index contributed by atoms with van der Waals surface area (Å²) in [7, 11) is -7.82. The van der Waals surface area contributed by atoms with Crippen LogP contribution in [0.4, 0.5) is 4.79 Å². The summed E-state index contributed by atoms with van der Waals surface area (Å²) in [5, 5.41) is 16.9. The lowest BCUT2D eigenvalue weighted by Crippen LogP contribution is -2.68. The molecule has 0 aromatic heterocycles. The predicted octanol–water partition coefficient (Wildman–Crippen LogP) is 19.0. The topological polar surface area (TPSA) is 230 Å². The molecule has 0 spiro atoms. The third-order valence-electron chi connectivity index (χ3n) is 24.6. The number of esters is 3. The van der Waals surface area contributed by atoms with E-state index in [1.807, 2.05) is 105 Å². The van der Waals surface area contributed by atoms with E-state index >= 15 is 9.59 Å². The zero-order chi connectivity index (χ0) is 82.6. The van der Waals surface area contributed by atoms with Crippen molar-refractivity contribution < 1.29 is 89.7 Å². The molecule has 5 heterocycles. The summed E-state index contributed by atoms with van der Waals surface area (Å²) < 4.78 is 94.6. The van der Waals surface area contributed by atoms with Crippen molar-refractivity contribution in [3.05, 3.63) is 146 Å². The van der Waals surface area contributed by atoms with E-state index < -0.39 is 128 Å². The van der Waals surface area contributed by atoms with Crippen LogP contribution in [0.25, 0.3) is 0 Å². The van der Waals surface area contributed by atoms with Crippen LogP contribution in [0.5, 0.6) is 0 Å². The van der Waals surface area contributed by atoms with Gasteiger partial charge in [0, 0.05) is 32.1 Å². The van der Waals surface area contributed by atoms with E-state index in [1.165, 1.54) is 12.2 Å². The lowest BCUT2D eigenvalue weighted by molar-refractivity contribution is -0.314. The SMILES string of the molecule is C=CCOC(=O)N[C@@H]1[C@H](OC(=O)c2ccc(C(C)(C)C)cc2)[C@H](O[C@H]2/C=C/C=C/C=C/C=C/C=C/C=C/C=C/C(C)[C@@H](C)[C@@H](C)[C@H](C)OC(=O)C[C@H]3C[C@@H](CC[C@@H](O[Si](CC)(CC)C(C)C)[C@H]4C[C@@H](C[C@]5(O)C[C@H](O[Si](CC)(CC)C(C)C)[C@@H](C(=O)OCC=C)C(C2)O5)OCO4)OCO3)O[C@H](C)[C@H]1O[Si](CC)(CC)C(C)C. The summed E-state index contributed by atoms with van der Waals surface area (Å²) in [5.41, 5.74) is 1.55. The van der Waals surface area contributed by atoms with Crippen LogP contribution in [0, 0.1) is 23.7 Å². The third-order valence-corrected chi connectivity index (χ3v) is 40.4. The number of alkyl carbamates (subject to hydrolysis) is 1. The van der Waals surface area contributed by atoms with Crippen molar-refractivity contribution in [2.45, 2.75) is 340 Å². The minimum absolute atomic E-state index is 0.0380. The molecule has 5 aliphatic heterocycles. The van der Waals surface area contributed by atoms with Gasteiger partial charge in [0.05, 0.1) is 73.0 Å². The quantitative estimate of drug-likeness (QED) is 0.0401. The molecular weight excluding hydrogens is 1470 g/mol. The molecule has 0 radical (unpaired) electrons. The van der Waals surface area contributed by atoms with E-state index in [2.05, 4.69) is 149 Å². The Bertz CT molecular complexity index is 3280. The second-order valence-electron chi connectivity index (χ2n) is 33.5. The number of carbonyl (C=O) groups is 4. The van der Waals surface area contributed by atoms with Crippen LogP contribution < -0.4 is 5.32 Å². The molecule has 1 amide bonds. The van der Waals surface area contributed by atoms with Gasteiger partial charge in [-0.25, -0.2) is 9.59 Å². The van der Waals surface area contributed by atoms with Gasteiger partial charge in [-0.15, -0.1) is 0 Å². The van der Waals surface area contributed by atoms with E-state index in [0.29, 0.717) is 25.7 Å². The summed E-state index contributed by atoms with van der Waals surface area (Å²) in [4.78, 5) is 58.4. The number of hydrogen-bond donors (Lipinski definition) is 2. The first-order chi connectivity index (χ1) is 53.2. The number of cyclic esters (lactones) is 1. The van der Waals surface area contributed by atoms with E-state index in [-0.39, 0.29) is 116 Å². The molecule has 1 aromatic rings. The highest BCUT2D eigenvalue weighted by atomic mass is 28.4. The maximum Gasteiger partial charge on any atom is 0.407 e. The van der Waals surface area contributed by atoms with Crippen LogP contribution in [0.1, 0.15) is 206 Å². The molecular formula is C89H143NO19Si3. The molecule has 0 aliphatic carbocycles. The van der Waals surface area contributed by atoms with Crippen LogP contribution in [-0.2, 0) is 80.4 Å². The van der Waals surface area contributed by atoms with E-state index in [4.69, 9.17) is 65.4 Å². The second-order valence-corrected chi connectivity index (χ2v) is 48.3. The molecule has 1 aromatic carbocycles. The van der Waals surface area contributed by atoms with Gasteiger partial charge in [-0.2, -0.15) is 0 Å². The van der Waals surface area contributed by atoms with Crippen molar-refractivity contribution in [3.8, 4) is 0 Å². The molecule has 630 valence electrons. The Balaban J connectivity index is 1.55. The number of nitrogens with one attached hydrogen (secondary N) is 1. The van der Waals surface area contributed by atoms with Crippen LogP contribution in [0.15, 0.2) is 135 Å². The lowest BCUT2D eigenvalue weighted by atomic mass is 9.82. The van der Waals surface area contributed by atoms with Gasteiger partial charge in [0.25, 0.3) is 0 Å². The summed E-state index contributed by atoms with van der Waals surface area (Å²) >= 11 is 0. The molecule has 112 heavy (non-hydrogen) atoms. The van der Waals surface area contributed by atoms with E-state index in [1.54, 1.807) is 12.1 Å². The molecule has 5 aliphatic rings. The molecule has 23 heteroatoms. The number of fused-ring (bicyclic) bond motifs is 6. The number of benzene rings is 1. The molecule has 4 fully saturated rings. The van der Waals surface area contributed by atoms with Gasteiger partial charge >= 0.3 is 24.0 Å². The first kappa shape index (κ1) is 95.6. The van der Waals surface area contributed by atoms with E-state index in [0.717, 1.165) is 41.8 Å². The molecule has 0 saturated carbocycles. The van der Waals surface area contributed by atoms with Crippen molar-refractivity contribution in [3.63, 3.8) is 0 Å².